The molecule has 194 valence electrons. The summed E-state index contributed by atoms with van der Waals surface area (Å²) in [5, 5.41) is 5.17. The summed E-state index contributed by atoms with van der Waals surface area (Å²) in [6, 6.07) is -1.01. The van der Waals surface area contributed by atoms with Gasteiger partial charge in [-0.3, -0.25) is 4.79 Å². The maximum absolute atomic E-state index is 11.6. The number of aliphatic imine (C=N–C) groups is 1. The van der Waals surface area contributed by atoms with E-state index in [0.29, 0.717) is 18.3 Å². The van der Waals surface area contributed by atoms with E-state index in [1.807, 2.05) is 0 Å². The summed E-state index contributed by atoms with van der Waals surface area (Å²) in [6.45, 7) is 14.0. The highest BCUT2D eigenvalue weighted by Crippen LogP contribution is 2.31. The zero-order valence-corrected chi connectivity index (χ0v) is 21.6. The average Bonchev–Trinajstić information content (AvgIpc) is 2.62. The molecule has 0 spiro atoms. The van der Waals surface area contributed by atoms with Crippen molar-refractivity contribution in [3.8, 4) is 0 Å². The molecule has 0 aromatic rings. The van der Waals surface area contributed by atoms with Gasteiger partial charge in [-0.05, 0) is 72.9 Å². The summed E-state index contributed by atoms with van der Waals surface area (Å²) >= 11 is 0. The highest BCUT2D eigenvalue weighted by Gasteiger charge is 2.29. The number of amides is 3. The molecule has 0 saturated heterocycles. The van der Waals surface area contributed by atoms with E-state index in [2.05, 4.69) is 22.3 Å². The second kappa shape index (κ2) is 13.4. The molecule has 9 nitrogen and oxygen atoms in total. The second-order valence-electron chi connectivity index (χ2n) is 11.1. The van der Waals surface area contributed by atoms with Crippen LogP contribution in [0, 0.1) is 11.8 Å². The number of rotatable bonds is 8. The predicted octanol–water partition coefficient (Wildman–Crippen LogP) is 4.57. The maximum Gasteiger partial charge on any atom is 0.408 e. The minimum Gasteiger partial charge on any atom is -0.444 e. The van der Waals surface area contributed by atoms with Crippen LogP contribution in [0.3, 0.4) is 0 Å². The van der Waals surface area contributed by atoms with Crippen molar-refractivity contribution in [3.05, 3.63) is 0 Å². The first-order valence-electron chi connectivity index (χ1n) is 12.2. The number of alkyl carbamates (subject to hydrolysis) is 2. The largest absolute Gasteiger partial charge is 0.444 e. The first-order valence-corrected chi connectivity index (χ1v) is 12.2. The summed E-state index contributed by atoms with van der Waals surface area (Å²) in [6.07, 6.45) is 8.05. The molecule has 3 amide bonds. The fraction of sp³-hybridized carbons (Fsp3) is 0.800. The Morgan fingerprint density at radius 1 is 0.882 bits per heavy atom. The van der Waals surface area contributed by atoms with E-state index in [0.717, 1.165) is 25.5 Å². The van der Waals surface area contributed by atoms with Gasteiger partial charge in [-0.1, -0.05) is 38.5 Å². The fourth-order valence-corrected chi connectivity index (χ4v) is 3.54. The van der Waals surface area contributed by atoms with E-state index < -0.39 is 41.4 Å². The number of hydrogen-bond acceptors (Lipinski definition) is 6. The monoisotopic (exact) mass is 481 g/mol. The third-order valence-corrected chi connectivity index (χ3v) is 5.62. The summed E-state index contributed by atoms with van der Waals surface area (Å²) in [5.41, 5.74) is -1.09. The molecule has 0 aromatic carbocycles. The van der Waals surface area contributed by atoms with Crippen LogP contribution in [-0.2, 0) is 19.1 Å². The molecule has 2 rings (SSSR count). The van der Waals surface area contributed by atoms with Crippen LogP contribution in [0.5, 0.6) is 0 Å². The van der Waals surface area contributed by atoms with Crippen molar-refractivity contribution in [2.75, 3.05) is 0 Å². The van der Waals surface area contributed by atoms with E-state index in [9.17, 15) is 19.2 Å². The Bertz CT molecular complexity index is 702. The van der Waals surface area contributed by atoms with Crippen LogP contribution < -0.4 is 10.6 Å². The van der Waals surface area contributed by atoms with Gasteiger partial charge >= 0.3 is 12.2 Å². The van der Waals surface area contributed by atoms with E-state index in [-0.39, 0.29) is 0 Å². The normalized spacial score (nSPS) is 17.9. The van der Waals surface area contributed by atoms with Crippen molar-refractivity contribution >= 4 is 31.1 Å². The highest BCUT2D eigenvalue weighted by molar-refractivity contribution is 5.88. The van der Waals surface area contributed by atoms with Crippen LogP contribution in [0.1, 0.15) is 92.9 Å². The van der Waals surface area contributed by atoms with Gasteiger partial charge in [-0.15, -0.1) is 0 Å². The Hall–Kier alpha value is -2.45. The third kappa shape index (κ3) is 12.7. The molecule has 0 heterocycles. The van der Waals surface area contributed by atoms with Crippen LogP contribution in [0.15, 0.2) is 4.99 Å². The van der Waals surface area contributed by atoms with Crippen molar-refractivity contribution in [2.24, 2.45) is 16.8 Å². The van der Waals surface area contributed by atoms with Crippen LogP contribution in [0.2, 0.25) is 0 Å². The molecule has 0 bridgehead atoms. The number of hydrogen-bond donors (Lipinski definition) is 2. The molecule has 2 saturated carbocycles. The van der Waals surface area contributed by atoms with Crippen molar-refractivity contribution in [2.45, 2.75) is 116 Å². The Balaban J connectivity index is 0.000000342. The summed E-state index contributed by atoms with van der Waals surface area (Å²) < 4.78 is 10.2. The van der Waals surface area contributed by atoms with Crippen LogP contribution in [0.25, 0.3) is 0 Å². The minimum absolute atomic E-state index is 0.396. The first-order chi connectivity index (χ1) is 15.7. The van der Waals surface area contributed by atoms with Gasteiger partial charge in [0.15, 0.2) is 0 Å². The quantitative estimate of drug-likeness (QED) is 0.387. The lowest BCUT2D eigenvalue weighted by atomic mass is 9.81. The van der Waals surface area contributed by atoms with Gasteiger partial charge in [0.1, 0.15) is 23.5 Å². The van der Waals surface area contributed by atoms with Crippen molar-refractivity contribution < 1.29 is 28.7 Å². The molecule has 2 aliphatic carbocycles. The van der Waals surface area contributed by atoms with Gasteiger partial charge in [-0.2, -0.15) is 0 Å². The lowest BCUT2D eigenvalue weighted by molar-refractivity contribution is -0.120. The fourth-order valence-electron chi connectivity index (χ4n) is 3.54. The van der Waals surface area contributed by atoms with Crippen LogP contribution >= 0.6 is 0 Å². The van der Waals surface area contributed by atoms with Gasteiger partial charge in [0, 0.05) is 0 Å². The second-order valence-corrected chi connectivity index (χ2v) is 11.1. The van der Waals surface area contributed by atoms with Gasteiger partial charge in [0.2, 0.25) is 0 Å². The lowest BCUT2D eigenvalue weighted by Gasteiger charge is -2.29. The third-order valence-electron chi connectivity index (χ3n) is 5.62. The SMILES string of the molecule is C=NC(=O)C(CC1CCC1)NC(=O)OC(C)(C)C.CC(C)(C)OC(=O)NC(C=O)CC1CCC1. The number of nitrogens with zero attached hydrogens (tertiary/aromatic N) is 1. The molecule has 34 heavy (non-hydrogen) atoms. The molecule has 2 N–H and O–H groups in total. The number of aldehydes is 1. The molecule has 2 aliphatic rings. The Labute approximate surface area is 203 Å². The van der Waals surface area contributed by atoms with E-state index >= 15 is 0 Å². The molecular weight excluding hydrogens is 438 g/mol. The average molecular weight is 482 g/mol. The topological polar surface area (TPSA) is 123 Å². The Kier molecular flexibility index (Phi) is 11.7. The summed E-state index contributed by atoms with van der Waals surface area (Å²) in [5.74, 6) is 0.688. The first kappa shape index (κ1) is 29.6. The van der Waals surface area contributed by atoms with Crippen molar-refractivity contribution in [3.63, 3.8) is 0 Å². The molecule has 2 unspecified atom stereocenters. The smallest absolute Gasteiger partial charge is 0.408 e. The molecule has 0 radical (unpaired) electrons. The molecule has 0 aliphatic heterocycles. The van der Waals surface area contributed by atoms with Crippen molar-refractivity contribution in [1.82, 2.24) is 10.6 Å². The standard InChI is InChI=1S/C13H22N2O3.C12H21NO3/c1-13(2,3)18-12(17)15-10(11(16)14-4)8-9-6-5-7-9;1-12(2,3)16-11(15)13-10(8-14)7-9-5-4-6-9/h9-10H,4-8H2,1-3H3,(H,15,17);8-10H,4-7H2,1-3H3,(H,13,15). The van der Waals surface area contributed by atoms with Gasteiger partial charge in [-0.25, -0.2) is 14.6 Å². The summed E-state index contributed by atoms with van der Waals surface area (Å²) in [4.78, 5) is 48.8. The highest BCUT2D eigenvalue weighted by atomic mass is 16.6. The Morgan fingerprint density at radius 3 is 1.68 bits per heavy atom. The van der Waals surface area contributed by atoms with E-state index in [4.69, 9.17) is 9.47 Å². The number of ether oxygens (including phenoxy) is 2. The van der Waals surface area contributed by atoms with Crippen LogP contribution in [0.4, 0.5) is 9.59 Å². The summed E-state index contributed by atoms with van der Waals surface area (Å²) in [7, 11) is 0. The minimum atomic E-state index is -0.609. The van der Waals surface area contributed by atoms with Gasteiger partial charge in [0.05, 0.1) is 6.04 Å². The molecule has 0 aromatic heterocycles. The zero-order valence-electron chi connectivity index (χ0n) is 21.6. The van der Waals surface area contributed by atoms with Crippen LogP contribution in [-0.4, -0.2) is 54.4 Å². The van der Waals surface area contributed by atoms with Gasteiger partial charge in [0.25, 0.3) is 5.91 Å². The predicted molar refractivity (Wildman–Crippen MR) is 131 cm³/mol. The van der Waals surface area contributed by atoms with E-state index in [1.165, 1.54) is 25.7 Å². The Morgan fingerprint density at radius 2 is 1.32 bits per heavy atom. The zero-order chi connectivity index (χ0) is 25.9. The van der Waals surface area contributed by atoms with Gasteiger partial charge < -0.3 is 24.9 Å². The van der Waals surface area contributed by atoms with Crippen molar-refractivity contribution in [1.29, 1.82) is 0 Å². The van der Waals surface area contributed by atoms with E-state index in [1.54, 1.807) is 41.5 Å². The molecule has 9 heteroatoms. The molecule has 2 fully saturated rings. The number of carbonyl (C=O) groups excluding carboxylic acids is 4. The molecule has 2 atom stereocenters. The number of carbonyl (C=O) groups is 4. The lowest BCUT2D eigenvalue weighted by Crippen LogP contribution is -2.44. The number of nitrogens with one attached hydrogen (secondary N) is 2. The maximum atomic E-state index is 11.6. The molecular formula is C25H43N3O6.